The molecule has 0 aromatic heterocycles. The van der Waals surface area contributed by atoms with Crippen LogP contribution in [-0.2, 0) is 6.54 Å². The maximum Gasteiger partial charge on any atom is 0.269 e. The fourth-order valence-electron chi connectivity index (χ4n) is 2.43. The van der Waals surface area contributed by atoms with Gasteiger partial charge in [-0.25, -0.2) is 0 Å². The third-order valence-corrected chi connectivity index (χ3v) is 3.86. The number of hydrogen-bond donors (Lipinski definition) is 1. The van der Waals surface area contributed by atoms with E-state index in [-0.39, 0.29) is 17.8 Å². The number of nitrogens with one attached hydrogen (secondary N) is 1. The molecule has 0 saturated carbocycles. The molecule has 0 radical (unpaired) electrons. The van der Waals surface area contributed by atoms with Crippen LogP contribution in [-0.4, -0.2) is 23.7 Å². The Bertz CT molecular complexity index is 687. The molecule has 2 atom stereocenters. The van der Waals surface area contributed by atoms with E-state index in [9.17, 15) is 10.1 Å². The summed E-state index contributed by atoms with van der Waals surface area (Å²) in [4.78, 5) is 10.2. The number of non-ortho nitro benzene ring substituents is 1. The summed E-state index contributed by atoms with van der Waals surface area (Å²) >= 11 is 0. The Balaban J connectivity index is 1.55. The van der Waals surface area contributed by atoms with Crippen molar-refractivity contribution in [1.29, 1.82) is 0 Å². The van der Waals surface area contributed by atoms with Crippen LogP contribution in [0.15, 0.2) is 48.5 Å². The van der Waals surface area contributed by atoms with E-state index in [1.54, 1.807) is 12.1 Å². The van der Waals surface area contributed by atoms with Crippen LogP contribution >= 0.6 is 0 Å². The first-order valence-electron chi connectivity index (χ1n) is 7.48. The SMILES string of the molecule is C[C@H](NCc1ccc([N+](=O)[O-])cc1)[C@@H]1COc2ccccc2O1. The summed E-state index contributed by atoms with van der Waals surface area (Å²) in [6.45, 7) is 3.14. The van der Waals surface area contributed by atoms with Gasteiger partial charge in [-0.15, -0.1) is 0 Å². The van der Waals surface area contributed by atoms with Gasteiger partial charge >= 0.3 is 0 Å². The van der Waals surface area contributed by atoms with Gasteiger partial charge < -0.3 is 14.8 Å². The number of nitro groups is 1. The number of hydrogen-bond acceptors (Lipinski definition) is 5. The first-order valence-corrected chi connectivity index (χ1v) is 7.48. The molecule has 0 saturated heterocycles. The van der Waals surface area contributed by atoms with Gasteiger partial charge in [0.15, 0.2) is 11.5 Å². The Hall–Kier alpha value is -2.60. The van der Waals surface area contributed by atoms with E-state index in [1.165, 1.54) is 12.1 Å². The van der Waals surface area contributed by atoms with Crippen LogP contribution in [0.1, 0.15) is 12.5 Å². The number of nitro benzene ring substituents is 1. The van der Waals surface area contributed by atoms with Gasteiger partial charge in [-0.05, 0) is 24.6 Å². The third kappa shape index (κ3) is 3.60. The number of para-hydroxylation sites is 2. The third-order valence-electron chi connectivity index (χ3n) is 3.86. The lowest BCUT2D eigenvalue weighted by Crippen LogP contribution is -2.45. The highest BCUT2D eigenvalue weighted by molar-refractivity contribution is 5.40. The average Bonchev–Trinajstić information content (AvgIpc) is 2.59. The molecule has 1 heterocycles. The number of fused-ring (bicyclic) bond motifs is 1. The highest BCUT2D eigenvalue weighted by Crippen LogP contribution is 2.31. The van der Waals surface area contributed by atoms with Gasteiger partial charge in [0.05, 0.1) is 4.92 Å². The molecule has 1 aliphatic rings. The summed E-state index contributed by atoms with van der Waals surface area (Å²) in [5.41, 5.74) is 1.09. The predicted molar refractivity (Wildman–Crippen MR) is 85.8 cm³/mol. The molecule has 0 bridgehead atoms. The molecule has 6 nitrogen and oxygen atoms in total. The van der Waals surface area contributed by atoms with Crippen molar-refractivity contribution in [3.8, 4) is 11.5 Å². The molecular weight excluding hydrogens is 296 g/mol. The molecule has 0 unspecified atom stereocenters. The molecule has 0 spiro atoms. The molecule has 0 fully saturated rings. The van der Waals surface area contributed by atoms with Gasteiger partial charge in [0.25, 0.3) is 5.69 Å². The molecule has 1 aliphatic heterocycles. The Kier molecular flexibility index (Phi) is 4.43. The summed E-state index contributed by atoms with van der Waals surface area (Å²) in [5, 5.41) is 14.0. The fraction of sp³-hybridized carbons (Fsp3) is 0.294. The van der Waals surface area contributed by atoms with E-state index in [0.29, 0.717) is 13.2 Å². The molecule has 1 N–H and O–H groups in total. The van der Waals surface area contributed by atoms with Crippen molar-refractivity contribution in [3.63, 3.8) is 0 Å². The van der Waals surface area contributed by atoms with Crippen molar-refractivity contribution in [2.24, 2.45) is 0 Å². The standard InChI is InChI=1S/C17H18N2O4/c1-12(17-11-22-15-4-2-3-5-16(15)23-17)18-10-13-6-8-14(9-7-13)19(20)21/h2-9,12,17-18H,10-11H2,1H3/t12-,17-/m0/s1. The topological polar surface area (TPSA) is 73.6 Å². The summed E-state index contributed by atoms with van der Waals surface area (Å²) in [6, 6.07) is 14.2. The summed E-state index contributed by atoms with van der Waals surface area (Å²) in [7, 11) is 0. The van der Waals surface area contributed by atoms with Gasteiger partial charge in [-0.2, -0.15) is 0 Å². The molecule has 2 aromatic carbocycles. The first kappa shape index (κ1) is 15.3. The van der Waals surface area contributed by atoms with E-state index in [2.05, 4.69) is 5.32 Å². The lowest BCUT2D eigenvalue weighted by molar-refractivity contribution is -0.384. The van der Waals surface area contributed by atoms with Gasteiger partial charge in [-0.3, -0.25) is 10.1 Å². The lowest BCUT2D eigenvalue weighted by Gasteiger charge is -2.31. The molecule has 3 rings (SSSR count). The van der Waals surface area contributed by atoms with Crippen molar-refractivity contribution in [3.05, 3.63) is 64.2 Å². The molecule has 6 heteroatoms. The summed E-state index contributed by atoms with van der Waals surface area (Å²) in [5.74, 6) is 1.53. The highest BCUT2D eigenvalue weighted by atomic mass is 16.6. The van der Waals surface area contributed by atoms with Gasteiger partial charge in [0.1, 0.15) is 12.7 Å². The van der Waals surface area contributed by atoms with Crippen LogP contribution < -0.4 is 14.8 Å². The Morgan fingerprint density at radius 3 is 2.61 bits per heavy atom. The molecule has 2 aromatic rings. The second-order valence-electron chi connectivity index (χ2n) is 5.51. The highest BCUT2D eigenvalue weighted by Gasteiger charge is 2.25. The van der Waals surface area contributed by atoms with Crippen molar-refractivity contribution in [2.45, 2.75) is 25.6 Å². The van der Waals surface area contributed by atoms with Crippen LogP contribution in [0.2, 0.25) is 0 Å². The Labute approximate surface area is 134 Å². The minimum atomic E-state index is -0.398. The Morgan fingerprint density at radius 1 is 1.22 bits per heavy atom. The minimum Gasteiger partial charge on any atom is -0.486 e. The van der Waals surface area contributed by atoms with Crippen LogP contribution in [0, 0.1) is 10.1 Å². The van der Waals surface area contributed by atoms with Crippen LogP contribution in [0.25, 0.3) is 0 Å². The number of benzene rings is 2. The fourth-order valence-corrected chi connectivity index (χ4v) is 2.43. The van der Waals surface area contributed by atoms with Gasteiger partial charge in [0.2, 0.25) is 0 Å². The largest absolute Gasteiger partial charge is 0.486 e. The van der Waals surface area contributed by atoms with E-state index >= 15 is 0 Å². The quantitative estimate of drug-likeness (QED) is 0.678. The zero-order valence-corrected chi connectivity index (χ0v) is 12.8. The predicted octanol–water partition coefficient (Wildman–Crippen LogP) is 2.91. The van der Waals surface area contributed by atoms with Crippen LogP contribution in [0.4, 0.5) is 5.69 Å². The van der Waals surface area contributed by atoms with E-state index in [0.717, 1.165) is 17.1 Å². The number of ether oxygens (including phenoxy) is 2. The minimum absolute atomic E-state index is 0.0806. The summed E-state index contributed by atoms with van der Waals surface area (Å²) < 4.78 is 11.7. The van der Waals surface area contributed by atoms with E-state index in [4.69, 9.17) is 9.47 Å². The van der Waals surface area contributed by atoms with Crippen molar-refractivity contribution in [2.75, 3.05) is 6.61 Å². The monoisotopic (exact) mass is 314 g/mol. The zero-order chi connectivity index (χ0) is 16.2. The van der Waals surface area contributed by atoms with Gasteiger partial charge in [0, 0.05) is 24.7 Å². The lowest BCUT2D eigenvalue weighted by atomic mass is 10.1. The molecule has 23 heavy (non-hydrogen) atoms. The second-order valence-corrected chi connectivity index (χ2v) is 5.51. The van der Waals surface area contributed by atoms with E-state index in [1.807, 2.05) is 31.2 Å². The Morgan fingerprint density at radius 2 is 1.91 bits per heavy atom. The maximum atomic E-state index is 10.6. The van der Waals surface area contributed by atoms with Crippen molar-refractivity contribution < 1.29 is 14.4 Å². The molecular formula is C17H18N2O4. The van der Waals surface area contributed by atoms with Crippen LogP contribution in [0.5, 0.6) is 11.5 Å². The normalized spacial score (nSPS) is 17.5. The molecule has 120 valence electrons. The summed E-state index contributed by atoms with van der Waals surface area (Å²) in [6.07, 6.45) is -0.0806. The van der Waals surface area contributed by atoms with Crippen LogP contribution in [0.3, 0.4) is 0 Å². The van der Waals surface area contributed by atoms with E-state index < -0.39 is 4.92 Å². The van der Waals surface area contributed by atoms with Crippen molar-refractivity contribution >= 4 is 5.69 Å². The maximum absolute atomic E-state index is 10.6. The second kappa shape index (κ2) is 6.66. The van der Waals surface area contributed by atoms with Crippen molar-refractivity contribution in [1.82, 2.24) is 5.32 Å². The van der Waals surface area contributed by atoms with Gasteiger partial charge in [-0.1, -0.05) is 24.3 Å². The molecule has 0 amide bonds. The average molecular weight is 314 g/mol. The molecule has 0 aliphatic carbocycles. The smallest absolute Gasteiger partial charge is 0.269 e. The first-order chi connectivity index (χ1) is 11.1. The zero-order valence-electron chi connectivity index (χ0n) is 12.8. The number of nitrogens with zero attached hydrogens (tertiary/aromatic N) is 1. The number of rotatable bonds is 5.